The van der Waals surface area contributed by atoms with Crippen LogP contribution in [0.15, 0.2) is 24.3 Å². The van der Waals surface area contributed by atoms with Crippen molar-refractivity contribution in [2.24, 2.45) is 5.41 Å². The van der Waals surface area contributed by atoms with Crippen LogP contribution in [0.3, 0.4) is 0 Å². The number of hydrogen-bond acceptors (Lipinski definition) is 4. The smallest absolute Gasteiger partial charge is 0.128 e. The van der Waals surface area contributed by atoms with Crippen LogP contribution in [0.5, 0.6) is 0 Å². The molecule has 0 fully saturated rings. The maximum absolute atomic E-state index is 14.5. The normalized spacial score (nSPS) is 14.1. The third-order valence-electron chi connectivity index (χ3n) is 12.8. The van der Waals surface area contributed by atoms with Crippen molar-refractivity contribution in [2.45, 2.75) is 246 Å². The van der Waals surface area contributed by atoms with Gasteiger partial charge >= 0.3 is 0 Å². The van der Waals surface area contributed by atoms with Crippen molar-refractivity contribution < 1.29 is 20.4 Å². The van der Waals surface area contributed by atoms with E-state index in [9.17, 15) is 20.4 Å². The van der Waals surface area contributed by atoms with Crippen molar-refractivity contribution in [3.8, 4) is 0 Å². The highest BCUT2D eigenvalue weighted by atomic mass is 16.3. The third-order valence-corrected chi connectivity index (χ3v) is 12.8. The number of hydrogen-bond donors (Lipinski definition) is 4. The lowest BCUT2D eigenvalue weighted by Gasteiger charge is -2.54. The standard InChI is InChI=1S/C53H92O4/c1-16-17-18-19-20-21-22-23-24-25-26-27-28-29-30-31-32-45(56)52(37-54,38-55)53(57,46-41(48(4,5)6)33-39(2)34-42(46)49(7,8)9)47-43(50(10,11)12)35-40(3)36-44(47)51(13,14)15/h33-36,45,54-57H,16-32,37-38H2,1-15H3. The molecule has 1 unspecified atom stereocenters. The summed E-state index contributed by atoms with van der Waals surface area (Å²) < 4.78 is 0. The van der Waals surface area contributed by atoms with Crippen LogP contribution in [0.25, 0.3) is 0 Å². The molecular weight excluding hydrogens is 701 g/mol. The van der Waals surface area contributed by atoms with E-state index in [1.54, 1.807) is 0 Å². The Balaban J connectivity index is 2.60. The summed E-state index contributed by atoms with van der Waals surface area (Å²) in [5.74, 6) is 0. The Morgan fingerprint density at radius 1 is 0.439 bits per heavy atom. The van der Waals surface area contributed by atoms with E-state index >= 15 is 0 Å². The number of benzene rings is 2. The molecule has 0 aromatic heterocycles. The fourth-order valence-electron chi connectivity index (χ4n) is 9.23. The van der Waals surface area contributed by atoms with E-state index in [-0.39, 0.29) is 0 Å². The van der Waals surface area contributed by atoms with Crippen LogP contribution in [0.4, 0.5) is 0 Å². The van der Waals surface area contributed by atoms with Crippen LogP contribution >= 0.6 is 0 Å². The van der Waals surface area contributed by atoms with Crippen LogP contribution in [-0.4, -0.2) is 39.7 Å². The molecule has 0 amide bonds. The number of unbranched alkanes of at least 4 members (excludes halogenated alkanes) is 15. The van der Waals surface area contributed by atoms with E-state index in [1.807, 2.05) is 0 Å². The Labute approximate surface area is 353 Å². The molecule has 4 N–H and O–H groups in total. The summed E-state index contributed by atoms with van der Waals surface area (Å²) in [6.07, 6.45) is 19.4. The Morgan fingerprint density at radius 3 is 0.912 bits per heavy atom. The van der Waals surface area contributed by atoms with E-state index in [1.165, 1.54) is 83.5 Å². The van der Waals surface area contributed by atoms with Crippen LogP contribution in [-0.2, 0) is 27.3 Å². The summed E-state index contributed by atoms with van der Waals surface area (Å²) in [6, 6.07) is 8.72. The van der Waals surface area contributed by atoms with Gasteiger partial charge in [0.05, 0.1) is 24.7 Å². The fourth-order valence-corrected chi connectivity index (χ4v) is 9.23. The molecule has 0 saturated heterocycles. The van der Waals surface area contributed by atoms with Crippen molar-refractivity contribution in [3.63, 3.8) is 0 Å². The summed E-state index contributed by atoms with van der Waals surface area (Å²) in [6.45, 7) is 31.4. The van der Waals surface area contributed by atoms with Crippen LogP contribution in [0.2, 0.25) is 0 Å². The summed E-state index contributed by atoms with van der Waals surface area (Å²) in [4.78, 5) is 0. The van der Waals surface area contributed by atoms with Crippen molar-refractivity contribution >= 4 is 0 Å². The SMILES string of the molecule is CCCCCCCCCCCCCCCCCCC(O)C(CO)(CO)C(O)(c1c(C(C)(C)C)cc(C)cc1C(C)(C)C)c1c(C(C)(C)C)cc(C)cc1C(C)(C)C. The monoisotopic (exact) mass is 793 g/mol. The Bertz CT molecular complexity index is 1330. The second kappa shape index (κ2) is 21.7. The van der Waals surface area contributed by atoms with Gasteiger partial charge in [0.2, 0.25) is 0 Å². The van der Waals surface area contributed by atoms with Crippen LogP contribution in [0, 0.1) is 19.3 Å². The molecule has 2 rings (SSSR count). The highest BCUT2D eigenvalue weighted by Crippen LogP contribution is 2.57. The van der Waals surface area contributed by atoms with Gasteiger partial charge in [0.1, 0.15) is 5.60 Å². The first-order valence-corrected chi connectivity index (χ1v) is 23.3. The van der Waals surface area contributed by atoms with Gasteiger partial charge in [-0.25, -0.2) is 0 Å². The molecule has 1 atom stereocenters. The predicted octanol–water partition coefficient (Wildman–Crippen LogP) is 13.7. The lowest BCUT2D eigenvalue weighted by atomic mass is 9.54. The first-order chi connectivity index (χ1) is 26.3. The van der Waals surface area contributed by atoms with Gasteiger partial charge in [0.25, 0.3) is 0 Å². The Morgan fingerprint density at radius 2 is 0.684 bits per heavy atom. The minimum absolute atomic E-state index is 0.380. The number of aliphatic hydroxyl groups excluding tert-OH is 3. The molecule has 4 nitrogen and oxygen atoms in total. The Kier molecular flexibility index (Phi) is 19.6. The lowest BCUT2D eigenvalue weighted by Crippen LogP contribution is -2.60. The Hall–Kier alpha value is -1.72. The van der Waals surface area contributed by atoms with Gasteiger partial charge in [-0.05, 0) is 75.3 Å². The van der Waals surface area contributed by atoms with Gasteiger partial charge in [-0.2, -0.15) is 0 Å². The molecule has 0 heterocycles. The zero-order valence-corrected chi connectivity index (χ0v) is 40.1. The quantitative estimate of drug-likeness (QED) is 0.0845. The van der Waals surface area contributed by atoms with Gasteiger partial charge in [-0.15, -0.1) is 0 Å². The van der Waals surface area contributed by atoms with Gasteiger partial charge in [0.15, 0.2) is 0 Å². The predicted molar refractivity (Wildman–Crippen MR) is 247 cm³/mol. The summed E-state index contributed by atoms with van der Waals surface area (Å²) >= 11 is 0. The van der Waals surface area contributed by atoms with E-state index in [0.717, 1.165) is 52.6 Å². The molecule has 328 valence electrons. The largest absolute Gasteiger partial charge is 0.395 e. The zero-order valence-electron chi connectivity index (χ0n) is 40.1. The second-order valence-corrected chi connectivity index (χ2v) is 22.3. The summed E-state index contributed by atoms with van der Waals surface area (Å²) in [7, 11) is 0. The number of rotatable bonds is 23. The highest BCUT2D eigenvalue weighted by Gasteiger charge is 2.60. The molecule has 4 heteroatoms. The van der Waals surface area contributed by atoms with E-state index in [0.29, 0.717) is 17.5 Å². The molecule has 2 aromatic carbocycles. The average Bonchev–Trinajstić information content (AvgIpc) is 3.09. The van der Waals surface area contributed by atoms with Crippen molar-refractivity contribution in [2.75, 3.05) is 13.2 Å². The van der Waals surface area contributed by atoms with Gasteiger partial charge < -0.3 is 20.4 Å². The lowest BCUT2D eigenvalue weighted by molar-refractivity contribution is -0.174. The number of aryl methyl sites for hydroxylation is 2. The van der Waals surface area contributed by atoms with Gasteiger partial charge in [-0.3, -0.25) is 0 Å². The van der Waals surface area contributed by atoms with Crippen molar-refractivity contribution in [3.05, 3.63) is 68.8 Å². The molecule has 0 spiro atoms. The molecule has 0 saturated carbocycles. The van der Waals surface area contributed by atoms with Crippen LogP contribution in [0.1, 0.15) is 244 Å². The highest BCUT2D eigenvalue weighted by molar-refractivity contribution is 5.60. The van der Waals surface area contributed by atoms with Crippen molar-refractivity contribution in [1.29, 1.82) is 0 Å². The van der Waals surface area contributed by atoms with Gasteiger partial charge in [-0.1, -0.05) is 228 Å². The van der Waals surface area contributed by atoms with Crippen LogP contribution < -0.4 is 0 Å². The molecule has 0 aliphatic heterocycles. The topological polar surface area (TPSA) is 80.9 Å². The molecule has 2 aromatic rings. The van der Waals surface area contributed by atoms with Crippen molar-refractivity contribution in [1.82, 2.24) is 0 Å². The minimum atomic E-state index is -1.97. The molecular formula is C53H92O4. The van der Waals surface area contributed by atoms with E-state index in [2.05, 4.69) is 128 Å². The molecule has 0 bridgehead atoms. The fraction of sp³-hybridized carbons (Fsp3) is 0.774. The zero-order chi connectivity index (χ0) is 43.5. The number of aliphatic hydroxyl groups is 4. The molecule has 57 heavy (non-hydrogen) atoms. The maximum atomic E-state index is 14.5. The van der Waals surface area contributed by atoms with Gasteiger partial charge in [0, 0.05) is 0 Å². The summed E-state index contributed by atoms with van der Waals surface area (Å²) in [5, 5.41) is 50.9. The third kappa shape index (κ3) is 13.4. The second-order valence-electron chi connectivity index (χ2n) is 22.3. The average molecular weight is 793 g/mol. The first-order valence-electron chi connectivity index (χ1n) is 23.3. The molecule has 0 aliphatic rings. The molecule has 0 radical (unpaired) electrons. The first kappa shape index (κ1) is 51.4. The van der Waals surface area contributed by atoms with E-state index in [4.69, 9.17) is 0 Å². The van der Waals surface area contributed by atoms with E-state index < -0.39 is 52.0 Å². The molecule has 0 aliphatic carbocycles. The maximum Gasteiger partial charge on any atom is 0.128 e. The minimum Gasteiger partial charge on any atom is -0.395 e. The summed E-state index contributed by atoms with van der Waals surface area (Å²) in [5.41, 5.74) is 2.19.